The molecule has 392 valence electrons. The van der Waals surface area contributed by atoms with Crippen LogP contribution >= 0.6 is 0 Å². The molecule has 0 aromatic heterocycles. The highest BCUT2D eigenvalue weighted by molar-refractivity contribution is 6.25. The number of hydrogen-bond donors (Lipinski definition) is 3. The number of nitrogens with one attached hydrogen (secondary N) is 2. The summed E-state index contributed by atoms with van der Waals surface area (Å²) in [7, 11) is 3.44. The number of amides is 4. The van der Waals surface area contributed by atoms with Crippen molar-refractivity contribution in [2.45, 2.75) is 56.0 Å². The summed E-state index contributed by atoms with van der Waals surface area (Å²) in [5.41, 5.74) is 0.964. The molecule has 4 amide bonds. The number of nitrogens with zero attached hydrogens (tertiary/aromatic N) is 3. The number of urea groups is 1. The van der Waals surface area contributed by atoms with Crippen molar-refractivity contribution in [3.05, 3.63) is 155 Å². The van der Waals surface area contributed by atoms with E-state index < -0.39 is 95.2 Å². The third kappa shape index (κ3) is 9.59. The zero-order valence-corrected chi connectivity index (χ0v) is 42.5. The Balaban J connectivity index is 1.31. The first-order chi connectivity index (χ1) is 36.7. The lowest BCUT2D eigenvalue weighted by Gasteiger charge is -2.46. The van der Waals surface area contributed by atoms with Gasteiger partial charge in [-0.2, -0.15) is 0 Å². The Kier molecular flexibility index (Phi) is 15.2. The topological polar surface area (TPSA) is 220 Å². The third-order valence-electron chi connectivity index (χ3n) is 14.6. The summed E-state index contributed by atoms with van der Waals surface area (Å²) in [6.07, 6.45) is -1.35. The van der Waals surface area contributed by atoms with Crippen LogP contribution in [0.15, 0.2) is 127 Å². The molecule has 3 N–H and O–H groups in total. The van der Waals surface area contributed by atoms with Gasteiger partial charge in [-0.05, 0) is 82.8 Å². The molecule has 76 heavy (non-hydrogen) atoms. The normalized spacial score (nSPS) is 22.2. The first-order valence-corrected chi connectivity index (χ1v) is 24.9. The van der Waals surface area contributed by atoms with E-state index in [2.05, 4.69) is 27.4 Å². The molecule has 18 nitrogen and oxygen atoms in total. The lowest BCUT2D eigenvalue weighted by atomic mass is 9.65. The number of benzene rings is 5. The first kappa shape index (κ1) is 52.3. The van der Waals surface area contributed by atoms with E-state index >= 15 is 19.2 Å². The van der Waals surface area contributed by atoms with E-state index in [1.54, 1.807) is 44.2 Å². The fraction of sp³-hybridized carbons (Fsp3) is 0.328. The maximum atomic E-state index is 16.7. The Morgan fingerprint density at radius 1 is 0.750 bits per heavy atom. The van der Waals surface area contributed by atoms with Crippen molar-refractivity contribution >= 4 is 58.8 Å². The molecule has 1 spiro atoms. The third-order valence-corrected chi connectivity index (χ3v) is 14.6. The van der Waals surface area contributed by atoms with E-state index in [9.17, 15) is 19.5 Å². The largest absolute Gasteiger partial charge is 0.508 e. The molecule has 3 fully saturated rings. The minimum Gasteiger partial charge on any atom is -0.508 e. The lowest BCUT2D eigenvalue weighted by Crippen LogP contribution is -2.57. The van der Waals surface area contributed by atoms with E-state index in [1.807, 2.05) is 77.7 Å². The van der Waals surface area contributed by atoms with Gasteiger partial charge in [-0.1, -0.05) is 98.5 Å². The number of anilines is 3. The van der Waals surface area contributed by atoms with Crippen LogP contribution in [0.2, 0.25) is 0 Å². The minimum absolute atomic E-state index is 0.00273. The van der Waals surface area contributed by atoms with Crippen molar-refractivity contribution in [3.63, 3.8) is 0 Å². The van der Waals surface area contributed by atoms with Gasteiger partial charge in [0.1, 0.15) is 29.4 Å². The molecule has 3 saturated heterocycles. The van der Waals surface area contributed by atoms with E-state index in [-0.39, 0.29) is 29.0 Å². The maximum absolute atomic E-state index is 16.7. The van der Waals surface area contributed by atoms with Crippen molar-refractivity contribution < 1.29 is 62.4 Å². The number of phenolic OH excluding ortho intramolecular Hbond substituents is 1. The van der Waals surface area contributed by atoms with Crippen molar-refractivity contribution in [2.75, 3.05) is 62.7 Å². The molecule has 0 aliphatic carbocycles. The van der Waals surface area contributed by atoms with Crippen molar-refractivity contribution in [3.8, 4) is 17.6 Å². The zero-order valence-electron chi connectivity index (χ0n) is 42.5. The molecule has 4 aliphatic rings. The zero-order chi connectivity index (χ0) is 53.8. The average molecular weight is 1030 g/mol. The molecule has 0 bridgehead atoms. The van der Waals surface area contributed by atoms with Gasteiger partial charge in [-0.3, -0.25) is 28.9 Å². The second-order valence-corrected chi connectivity index (χ2v) is 19.2. The summed E-state index contributed by atoms with van der Waals surface area (Å²) in [4.78, 5) is 107. The van der Waals surface area contributed by atoms with Gasteiger partial charge >= 0.3 is 29.9 Å². The van der Waals surface area contributed by atoms with Crippen LogP contribution in [0.5, 0.6) is 5.75 Å². The molecule has 7 atom stereocenters. The number of aromatic hydroxyl groups is 1. The van der Waals surface area contributed by atoms with E-state index in [0.29, 0.717) is 48.7 Å². The fourth-order valence-electron chi connectivity index (χ4n) is 11.1. The van der Waals surface area contributed by atoms with Crippen LogP contribution in [0.3, 0.4) is 0 Å². The van der Waals surface area contributed by atoms with Crippen molar-refractivity contribution in [1.29, 1.82) is 0 Å². The molecule has 5 aromatic carbocycles. The number of carbonyl (C=O) groups excluding carboxylic acids is 7. The molecule has 7 unspecified atom stereocenters. The molecule has 9 rings (SSSR count). The van der Waals surface area contributed by atoms with Crippen molar-refractivity contribution in [2.24, 2.45) is 17.8 Å². The first-order valence-electron chi connectivity index (χ1n) is 24.9. The average Bonchev–Trinajstić information content (AvgIpc) is 4.09. The Labute approximate surface area is 439 Å². The highest BCUT2D eigenvalue weighted by Crippen LogP contribution is 2.66. The van der Waals surface area contributed by atoms with Gasteiger partial charge in [-0.15, -0.1) is 0 Å². The molecule has 4 heterocycles. The number of phenols is 1. The number of carbonyl (C=O) groups is 7. The number of morpholine rings is 2. The summed E-state index contributed by atoms with van der Waals surface area (Å²) >= 11 is 0. The van der Waals surface area contributed by atoms with Crippen LogP contribution < -0.4 is 20.4 Å². The van der Waals surface area contributed by atoms with E-state index in [1.165, 1.54) is 31.4 Å². The minimum atomic E-state index is -2.25. The standard InChI is InChI=1S/C58H57N5O13/c1-34(2)46(54(68)74-5)60-57(71)62-44-28-19-35(13-12-18-42(52(66)72-3)53(67)73-4)33-43(44)58(56(62)70)45(51(65)59-39-22-24-40(25-23-39)61-29-31-75-32-30-61)48-55(69)76-49(37-16-10-7-11-17-37)47(36-14-8-6-9-15-36)63(48)50(58)38-20-26-41(64)27-21-38/h6-11,14-17,19-28,33-34,42,45-50,64H,18,29-32H2,1-5H3,(H,59,65)(H,60,71). The SMILES string of the molecule is COC(=O)C(CC#Cc1ccc2c(c1)C1(C(=O)N2C(=O)NC(C(=O)OC)C(C)C)C(C(=O)Nc2ccc(N3CCOCC3)cc2)C2C(=O)OC(c3ccccc3)C(c3ccccc3)N2C1c1ccc(O)cc1)C(=O)OC. The van der Waals surface area contributed by atoms with Gasteiger partial charge in [0.05, 0.1) is 58.2 Å². The fourth-order valence-corrected chi connectivity index (χ4v) is 11.1. The predicted octanol–water partition coefficient (Wildman–Crippen LogP) is 6.14. The smallest absolute Gasteiger partial charge is 0.329 e. The molecule has 0 saturated carbocycles. The van der Waals surface area contributed by atoms with Gasteiger partial charge in [0.25, 0.3) is 0 Å². The van der Waals surface area contributed by atoms with Gasteiger partial charge in [0.2, 0.25) is 11.8 Å². The number of fused-ring (bicyclic) bond motifs is 3. The van der Waals surface area contributed by atoms with Crippen LogP contribution in [-0.4, -0.2) is 111 Å². The van der Waals surface area contributed by atoms with Gasteiger partial charge in [0, 0.05) is 36.4 Å². The molecule has 4 aliphatic heterocycles. The Morgan fingerprint density at radius 2 is 1.37 bits per heavy atom. The van der Waals surface area contributed by atoms with Gasteiger partial charge in [-0.25, -0.2) is 14.5 Å². The van der Waals surface area contributed by atoms with Gasteiger partial charge < -0.3 is 44.3 Å². The number of esters is 4. The monoisotopic (exact) mass is 1030 g/mol. The Hall–Kier alpha value is -8.53. The number of ether oxygens (including phenoxy) is 5. The summed E-state index contributed by atoms with van der Waals surface area (Å²) in [5, 5.41) is 16.6. The maximum Gasteiger partial charge on any atom is 0.329 e. The number of imide groups is 1. The molecule has 18 heteroatoms. The van der Waals surface area contributed by atoms with Crippen LogP contribution in [0.4, 0.5) is 21.9 Å². The number of rotatable bonds is 12. The second-order valence-electron chi connectivity index (χ2n) is 19.2. The van der Waals surface area contributed by atoms with Crippen LogP contribution in [0.25, 0.3) is 0 Å². The summed E-state index contributed by atoms with van der Waals surface area (Å²) in [6, 6.07) is 30.1. The highest BCUT2D eigenvalue weighted by Gasteiger charge is 2.75. The lowest BCUT2D eigenvalue weighted by molar-refractivity contribution is -0.178. The summed E-state index contributed by atoms with van der Waals surface area (Å²) in [5.74, 6) is -2.91. The van der Waals surface area contributed by atoms with E-state index in [0.717, 1.165) is 24.8 Å². The molecular formula is C58H57N5O13. The Bertz CT molecular complexity index is 3070. The molecular weight excluding hydrogens is 975 g/mol. The van der Waals surface area contributed by atoms with Crippen molar-refractivity contribution in [1.82, 2.24) is 10.2 Å². The van der Waals surface area contributed by atoms with Gasteiger partial charge in [0.15, 0.2) is 5.92 Å². The number of cyclic esters (lactones) is 1. The molecule has 0 radical (unpaired) electrons. The second kappa shape index (κ2) is 22.1. The summed E-state index contributed by atoms with van der Waals surface area (Å²) < 4.78 is 26.9. The van der Waals surface area contributed by atoms with Crippen LogP contribution in [0.1, 0.15) is 66.3 Å². The number of methoxy groups -OCH3 is 3. The van der Waals surface area contributed by atoms with Crippen LogP contribution in [-0.2, 0) is 57.9 Å². The summed E-state index contributed by atoms with van der Waals surface area (Å²) in [6.45, 7) is 5.81. The highest BCUT2D eigenvalue weighted by atomic mass is 16.6. The quantitative estimate of drug-likeness (QED) is 0.0553. The Morgan fingerprint density at radius 3 is 1.97 bits per heavy atom. The van der Waals surface area contributed by atoms with Crippen LogP contribution in [0, 0.1) is 29.6 Å². The molecule has 5 aromatic rings. The van der Waals surface area contributed by atoms with E-state index in [4.69, 9.17) is 23.7 Å². The predicted molar refractivity (Wildman–Crippen MR) is 276 cm³/mol. The number of hydrogen-bond acceptors (Lipinski definition) is 15.